The first kappa shape index (κ1) is 66.4. The van der Waals surface area contributed by atoms with E-state index in [4.69, 9.17) is 29.4 Å². The summed E-state index contributed by atoms with van der Waals surface area (Å²) >= 11 is 1.45. The molecule has 3 amide bonds. The maximum absolute atomic E-state index is 13.4. The Kier molecular flexibility index (Phi) is 23.6. The fourth-order valence-electron chi connectivity index (χ4n) is 11.5. The predicted molar refractivity (Wildman–Crippen MR) is 340 cm³/mol. The summed E-state index contributed by atoms with van der Waals surface area (Å²) in [6, 6.07) is 24.1. The van der Waals surface area contributed by atoms with Crippen LogP contribution in [0.25, 0.3) is 0 Å². The van der Waals surface area contributed by atoms with Crippen LogP contribution in [0.2, 0.25) is 5.04 Å². The number of allylic oxidation sites excluding steroid dienone is 2. The second kappa shape index (κ2) is 30.5. The molecule has 86 heavy (non-hydrogen) atoms. The zero-order valence-electron chi connectivity index (χ0n) is 51.0. The van der Waals surface area contributed by atoms with Crippen molar-refractivity contribution in [1.82, 2.24) is 20.1 Å². The molecule has 10 N–H and O–H groups in total. The lowest BCUT2D eigenvalue weighted by Crippen LogP contribution is -2.67. The summed E-state index contributed by atoms with van der Waals surface area (Å²) in [5.74, 6) is -0.886. The number of nitrogens with two attached hydrogens (primary N) is 1. The van der Waals surface area contributed by atoms with Gasteiger partial charge in [-0.3, -0.25) is 19.1 Å². The van der Waals surface area contributed by atoms with Crippen molar-refractivity contribution < 1.29 is 58.6 Å². The SMILES string of the molecule is CO[C@H]1/C=C\C=C(/C)C(=O)Nc2cc(O)c(N=CCCNC(=O)CCCn3c(O)cc(SC[C@H]4CCN5CC[C@H](CO[Si](c6ccccc6)(c6ccccc6)C(C)(C)C)N=C5N4)c3O)c(c2O)C[C@@H](C)C[C@H](OC)[C@H](O)[C@@H](C)C=C(C)[C@@H]1OC(N)=O. The third-order valence-electron chi connectivity index (χ3n) is 16.2. The molecule has 0 aliphatic carbocycles. The number of phenols is 2. The first-order valence-electron chi connectivity index (χ1n) is 29.5. The van der Waals surface area contributed by atoms with Gasteiger partial charge in [0.15, 0.2) is 17.9 Å². The van der Waals surface area contributed by atoms with Gasteiger partial charge in [0.25, 0.3) is 14.2 Å². The lowest BCUT2D eigenvalue weighted by atomic mass is 9.87. The Bertz CT molecular complexity index is 3070. The number of primary amides is 1. The number of aromatic nitrogens is 1. The van der Waals surface area contributed by atoms with E-state index < -0.39 is 50.7 Å². The molecule has 2 bridgehead atoms. The molecule has 0 radical (unpaired) electrons. The Balaban J connectivity index is 0.926. The number of aliphatic imine (C=N–C) groups is 2. The van der Waals surface area contributed by atoms with Crippen LogP contribution in [-0.4, -0.2) is 156 Å². The summed E-state index contributed by atoms with van der Waals surface area (Å²) in [5.41, 5.74) is 6.49. The molecule has 4 heterocycles. The Labute approximate surface area is 510 Å². The Morgan fingerprint density at radius 2 is 1.66 bits per heavy atom. The molecule has 1 fully saturated rings. The number of methoxy groups -OCH3 is 2. The topological polar surface area (TPSA) is 284 Å². The van der Waals surface area contributed by atoms with Crippen LogP contribution in [-0.2, 0) is 41.2 Å². The number of aromatic hydroxyl groups is 4. The number of nitrogens with zero attached hydrogens (tertiary/aromatic N) is 4. The molecular weight excluding hydrogens is 1130 g/mol. The number of aliphatic hydroxyl groups excluding tert-OH is 1. The quantitative estimate of drug-likeness (QED) is 0.00820. The fraction of sp³-hybridized carbons (Fsp3) is 0.484. The summed E-state index contributed by atoms with van der Waals surface area (Å²) in [6.45, 7) is 16.5. The standard InChI is InChI=1S/C64H88N8O12SSi/c1-40-33-48-56(50(73)36-49(58(48)77)70-60(78)41(2)19-16-24-51(81-8)59(84-62(65)80)43(4)35-42(3)57(76)52(34-40)82-9)67-29-18-28-66-54(74)25-17-30-72-55(75)37-53(61(72)79)85-39-45-27-32-71-31-26-44(68-63(71)69-45)38-83-86(64(5,6)7,46-20-12-10-13-21-46)47-22-14-11-15-23-47/h10-16,19-24,29,35-37,40,42,44-45,51-52,57,59,73,75-77,79H,17-18,25-28,30-34,38-39H2,1-9H3,(H2,65,80)(H,66,74)(H,68,69)(H,70,78)/b24-16-,41-19+,43-35?,67-29?/t40-,42+,44-,45-,51+,52+,57-,59+/m1/s1. The highest BCUT2D eigenvalue weighted by molar-refractivity contribution is 7.99. The molecule has 20 nitrogen and oxygen atoms in total. The van der Waals surface area contributed by atoms with Crippen molar-refractivity contribution in [1.29, 1.82) is 0 Å². The van der Waals surface area contributed by atoms with Gasteiger partial charge in [0, 0.05) is 100 Å². The van der Waals surface area contributed by atoms with Crippen molar-refractivity contribution >= 4 is 71.9 Å². The molecule has 3 aliphatic heterocycles. The molecule has 3 aromatic carbocycles. The fourth-order valence-corrected chi connectivity index (χ4v) is 17.2. The van der Waals surface area contributed by atoms with Gasteiger partial charge < -0.3 is 70.8 Å². The molecule has 3 aliphatic rings. The Hall–Kier alpha value is -7.08. The third kappa shape index (κ3) is 16.7. The Morgan fingerprint density at radius 1 is 0.977 bits per heavy atom. The van der Waals surface area contributed by atoms with Gasteiger partial charge in [-0.1, -0.05) is 120 Å². The maximum atomic E-state index is 13.4. The van der Waals surface area contributed by atoms with Gasteiger partial charge in [0.05, 0.1) is 35.4 Å². The number of benzene rings is 3. The largest absolute Gasteiger partial charge is 0.506 e. The lowest BCUT2D eigenvalue weighted by Gasteiger charge is -2.44. The van der Waals surface area contributed by atoms with Crippen LogP contribution in [0, 0.1) is 11.8 Å². The van der Waals surface area contributed by atoms with Crippen LogP contribution in [0.4, 0.5) is 16.2 Å². The number of rotatable bonds is 19. The highest BCUT2D eigenvalue weighted by Crippen LogP contribution is 2.45. The van der Waals surface area contributed by atoms with Crippen LogP contribution < -0.4 is 32.1 Å². The minimum Gasteiger partial charge on any atom is -0.506 e. The van der Waals surface area contributed by atoms with Crippen molar-refractivity contribution in [2.75, 3.05) is 51.5 Å². The first-order valence-corrected chi connectivity index (χ1v) is 32.4. The van der Waals surface area contributed by atoms with E-state index in [0.29, 0.717) is 35.7 Å². The number of fused-ring (bicyclic) bond motifs is 3. The van der Waals surface area contributed by atoms with Gasteiger partial charge in [0.2, 0.25) is 11.8 Å². The number of guanidine groups is 1. The van der Waals surface area contributed by atoms with Crippen LogP contribution in [0.15, 0.2) is 123 Å². The monoisotopic (exact) mass is 1220 g/mol. The molecule has 0 unspecified atom stereocenters. The van der Waals surface area contributed by atoms with E-state index in [1.54, 1.807) is 45.1 Å². The van der Waals surface area contributed by atoms with Crippen molar-refractivity contribution in [2.45, 2.75) is 146 Å². The van der Waals surface area contributed by atoms with E-state index in [1.165, 1.54) is 59.3 Å². The third-order valence-corrected chi connectivity index (χ3v) is 22.4. The minimum absolute atomic E-state index is 0.0149. The summed E-state index contributed by atoms with van der Waals surface area (Å²) in [7, 11) is 0.186. The van der Waals surface area contributed by atoms with Crippen LogP contribution in [0.5, 0.6) is 23.3 Å². The van der Waals surface area contributed by atoms with Gasteiger partial charge in [-0.25, -0.2) is 9.79 Å². The predicted octanol–water partition coefficient (Wildman–Crippen LogP) is 7.92. The summed E-state index contributed by atoms with van der Waals surface area (Å²) in [4.78, 5) is 51.0. The summed E-state index contributed by atoms with van der Waals surface area (Å²) in [6.07, 6.45) is 6.34. The minimum atomic E-state index is -2.73. The van der Waals surface area contributed by atoms with Crippen molar-refractivity contribution in [3.05, 3.63) is 114 Å². The van der Waals surface area contributed by atoms with Gasteiger partial charge in [-0.05, 0) is 72.9 Å². The molecule has 22 heteroatoms. The van der Waals surface area contributed by atoms with Gasteiger partial charge in [-0.2, -0.15) is 0 Å². The van der Waals surface area contributed by atoms with E-state index in [-0.39, 0.29) is 107 Å². The number of hydrogen-bond acceptors (Lipinski definition) is 17. The first-order chi connectivity index (χ1) is 41.0. The smallest absolute Gasteiger partial charge is 0.405 e. The molecule has 7 rings (SSSR count). The normalized spacial score (nSPS) is 23.7. The van der Waals surface area contributed by atoms with Crippen molar-refractivity contribution in [3.63, 3.8) is 0 Å². The number of aliphatic hydroxyl groups is 1. The van der Waals surface area contributed by atoms with E-state index in [0.717, 1.165) is 31.9 Å². The van der Waals surface area contributed by atoms with Crippen LogP contribution in [0.1, 0.15) is 92.6 Å². The number of amides is 3. The molecule has 8 atom stereocenters. The number of phenolic OH excluding ortho intramolecular Hbond substituents is 2. The zero-order valence-corrected chi connectivity index (χ0v) is 52.8. The van der Waals surface area contributed by atoms with Crippen molar-refractivity contribution in [2.24, 2.45) is 27.6 Å². The summed E-state index contributed by atoms with van der Waals surface area (Å²) < 4.78 is 25.5. The molecule has 1 aromatic heterocycles. The second-order valence-electron chi connectivity index (χ2n) is 23.6. The van der Waals surface area contributed by atoms with Gasteiger partial charge in [-0.15, -0.1) is 11.8 Å². The lowest BCUT2D eigenvalue weighted by molar-refractivity contribution is -0.121. The average molecular weight is 1220 g/mol. The van der Waals surface area contributed by atoms with Crippen LogP contribution >= 0.6 is 11.8 Å². The van der Waals surface area contributed by atoms with E-state index in [2.05, 4.69) is 95.1 Å². The molecule has 0 saturated carbocycles. The number of ether oxygens (including phenoxy) is 3. The zero-order chi connectivity index (χ0) is 62.3. The molecule has 466 valence electrons. The highest BCUT2D eigenvalue weighted by atomic mass is 32.2. The average Bonchev–Trinajstić information content (AvgIpc) is 1.15. The van der Waals surface area contributed by atoms with Gasteiger partial charge >= 0.3 is 6.09 Å². The molecule has 1 saturated heterocycles. The second-order valence-corrected chi connectivity index (χ2v) is 29.0. The Morgan fingerprint density at radius 3 is 2.31 bits per heavy atom. The molecular formula is C64H88N8O12SSi. The molecule has 4 aromatic rings. The number of carbonyl (C=O) groups excluding carboxylic acids is 3. The van der Waals surface area contributed by atoms with E-state index >= 15 is 0 Å². The number of anilines is 1. The maximum Gasteiger partial charge on any atom is 0.405 e. The highest BCUT2D eigenvalue weighted by Gasteiger charge is 2.50. The summed E-state index contributed by atoms with van der Waals surface area (Å²) in [5, 5.41) is 68.4. The van der Waals surface area contributed by atoms with Crippen molar-refractivity contribution in [3.8, 4) is 23.3 Å². The number of nitrogens with one attached hydrogen (secondary N) is 3. The van der Waals surface area contributed by atoms with Crippen LogP contribution in [0.3, 0.4) is 0 Å². The number of carbonyl (C=O) groups is 3. The van der Waals surface area contributed by atoms with E-state index in [1.807, 2.05) is 19.1 Å². The van der Waals surface area contributed by atoms with Gasteiger partial charge in [0.1, 0.15) is 23.3 Å². The number of hydrogen-bond donors (Lipinski definition) is 9. The molecule has 0 spiro atoms. The van der Waals surface area contributed by atoms with E-state index in [9.17, 15) is 39.9 Å². The number of thioether (sulfide) groups is 1.